The van der Waals surface area contributed by atoms with Crippen molar-refractivity contribution < 1.29 is 14.0 Å². The van der Waals surface area contributed by atoms with Gasteiger partial charge in [-0.2, -0.15) is 0 Å². The van der Waals surface area contributed by atoms with Gasteiger partial charge in [0.25, 0.3) is 0 Å². The molecule has 1 aromatic rings. The summed E-state index contributed by atoms with van der Waals surface area (Å²) in [6, 6.07) is 3.77. The van der Waals surface area contributed by atoms with Gasteiger partial charge in [-0.1, -0.05) is 89.0 Å². The first-order chi connectivity index (χ1) is 19.4. The Morgan fingerprint density at radius 2 is 1.02 bits per heavy atom. The van der Waals surface area contributed by atoms with Gasteiger partial charge in [0, 0.05) is 12.8 Å². The topological polar surface area (TPSA) is 47.3 Å². The van der Waals surface area contributed by atoms with Gasteiger partial charge in [-0.25, -0.2) is 0 Å². The van der Waals surface area contributed by atoms with Gasteiger partial charge >= 0.3 is 0 Å². The predicted molar refractivity (Wildman–Crippen MR) is 178 cm³/mol. The molecule has 3 nitrogen and oxygen atoms in total. The molecule has 0 saturated carbocycles. The second-order valence-electron chi connectivity index (χ2n) is 12.2. The molecule has 0 amide bonds. The summed E-state index contributed by atoms with van der Waals surface area (Å²) in [5.74, 6) is 19.2. The Bertz CT molecular complexity index is 1170. The van der Waals surface area contributed by atoms with Crippen LogP contribution in [-0.2, 0) is 9.59 Å². The number of unbranched alkanes of at least 4 members (excludes halogenated alkanes) is 10. The molecule has 0 fully saturated rings. The van der Waals surface area contributed by atoms with E-state index in [1.54, 1.807) is 12.2 Å². The Kier molecular flexibility index (Phi) is 18.0. The number of hydrogen-bond acceptors (Lipinski definition) is 3. The van der Waals surface area contributed by atoms with E-state index in [9.17, 15) is 9.59 Å². The Balaban J connectivity index is 2.12. The Hall–Kier alpha value is -3.23. The Morgan fingerprint density at radius 3 is 1.41 bits per heavy atom. The summed E-state index contributed by atoms with van der Waals surface area (Å²) in [5.41, 5.74) is 6.19. The minimum absolute atomic E-state index is 0.0829. The molecule has 1 heterocycles. The molecule has 0 unspecified atom stereocenters. The molecule has 0 atom stereocenters. The first-order valence-corrected chi connectivity index (χ1v) is 22.0. The van der Waals surface area contributed by atoms with Gasteiger partial charge in [-0.3, -0.25) is 9.59 Å². The molecule has 0 saturated heterocycles. The van der Waals surface area contributed by atoms with Crippen LogP contribution in [0.5, 0.6) is 0 Å². The molecule has 1 aromatic heterocycles. The molecule has 0 bridgehead atoms. The normalized spacial score (nSPS) is 11.1. The van der Waals surface area contributed by atoms with E-state index in [4.69, 9.17) is 4.42 Å². The number of rotatable bonds is 14. The highest BCUT2D eigenvalue weighted by Gasteiger charge is 2.08. The van der Waals surface area contributed by atoms with Crippen LogP contribution in [0.4, 0.5) is 0 Å². The van der Waals surface area contributed by atoms with Gasteiger partial charge < -0.3 is 4.42 Å². The minimum Gasteiger partial charge on any atom is -0.439 e. The fourth-order valence-corrected chi connectivity index (χ4v) is 4.39. The lowest BCUT2D eigenvalue weighted by Crippen LogP contribution is -2.16. The molecule has 0 radical (unpaired) electrons. The van der Waals surface area contributed by atoms with E-state index in [2.05, 4.69) is 85.9 Å². The zero-order valence-electron chi connectivity index (χ0n) is 26.2. The highest BCUT2D eigenvalue weighted by atomic mass is 28.3. The Labute approximate surface area is 252 Å². The summed E-state index contributed by atoms with van der Waals surface area (Å²) >= 11 is 0. The average molecular weight is 585 g/mol. The summed E-state index contributed by atoms with van der Waals surface area (Å²) in [6.45, 7) is 12.8. The van der Waals surface area contributed by atoms with Gasteiger partial charge in [0.2, 0.25) is 11.6 Å². The maximum atomic E-state index is 11.7. The van der Waals surface area contributed by atoms with Crippen molar-refractivity contribution in [1.82, 2.24) is 0 Å². The molecule has 5 heteroatoms. The number of carbonyl (C=O) groups excluding carboxylic acids is 2. The highest BCUT2D eigenvalue weighted by molar-refractivity contribution is 6.84. The van der Waals surface area contributed by atoms with Crippen LogP contribution in [-0.4, -0.2) is 27.7 Å². The summed E-state index contributed by atoms with van der Waals surface area (Å²) < 4.78 is 5.71. The zero-order chi connectivity index (χ0) is 30.4. The van der Waals surface area contributed by atoms with Crippen molar-refractivity contribution in [2.75, 3.05) is 0 Å². The molecular weight excluding hydrogens is 537 g/mol. The molecule has 0 aliphatic carbocycles. The van der Waals surface area contributed by atoms with E-state index in [0.29, 0.717) is 11.5 Å². The minimum atomic E-state index is -1.49. The summed E-state index contributed by atoms with van der Waals surface area (Å²) in [4.78, 5) is 23.4. The average Bonchev–Trinajstić information content (AvgIpc) is 3.35. The number of furan rings is 1. The van der Waals surface area contributed by atoms with Crippen LogP contribution in [0.3, 0.4) is 0 Å². The van der Waals surface area contributed by atoms with Crippen molar-refractivity contribution >= 4 is 27.7 Å². The van der Waals surface area contributed by atoms with E-state index in [0.717, 1.165) is 77.0 Å². The molecule has 0 spiro atoms. The standard InChI is InChI=1S/C36H48O3Si2/c1-40(2,3)31-29-33(37)23-19-15-11-7-9-13-17-21-25-35-27-28-36(39-35)26-22-18-14-10-8-12-16-20-24-34(38)30-32-41(4,5)6/h19-20,23-24,27-28H,7-18H2,1-6H3. The van der Waals surface area contributed by atoms with Gasteiger partial charge in [0.1, 0.15) is 16.1 Å². The quantitative estimate of drug-likeness (QED) is 0.0951. The molecule has 0 aliphatic heterocycles. The third-order valence-electron chi connectivity index (χ3n) is 5.53. The number of hydrogen-bond donors (Lipinski definition) is 0. The van der Waals surface area contributed by atoms with E-state index in [1.165, 1.54) is 0 Å². The molecule has 218 valence electrons. The highest BCUT2D eigenvalue weighted by Crippen LogP contribution is 2.09. The maximum Gasteiger partial charge on any atom is 0.227 e. The second-order valence-corrected chi connectivity index (χ2v) is 21.7. The first-order valence-electron chi connectivity index (χ1n) is 15.0. The monoisotopic (exact) mass is 584 g/mol. The summed E-state index contributed by atoms with van der Waals surface area (Å²) in [5, 5.41) is 0. The van der Waals surface area contributed by atoms with E-state index < -0.39 is 16.1 Å². The van der Waals surface area contributed by atoms with Gasteiger partial charge in [-0.05, 0) is 86.5 Å². The van der Waals surface area contributed by atoms with Gasteiger partial charge in [-0.15, -0.1) is 11.1 Å². The third kappa shape index (κ3) is 23.2. The van der Waals surface area contributed by atoms with Gasteiger partial charge in [0.15, 0.2) is 11.5 Å². The van der Waals surface area contributed by atoms with E-state index >= 15 is 0 Å². The van der Waals surface area contributed by atoms with Gasteiger partial charge in [0.05, 0.1) is 0 Å². The number of carbonyl (C=O) groups is 2. The lowest BCUT2D eigenvalue weighted by atomic mass is 10.1. The van der Waals surface area contributed by atoms with Crippen LogP contribution in [0, 0.1) is 46.6 Å². The SMILES string of the molecule is C[Si](C)(C)C#CC(=O)C=CCCCCCCC#Cc1ccc(C#CCCCCCCC=CC(=O)C#C[Si](C)(C)C)o1. The van der Waals surface area contributed by atoms with Crippen molar-refractivity contribution in [2.24, 2.45) is 0 Å². The van der Waals surface area contributed by atoms with Crippen LogP contribution in [0.25, 0.3) is 0 Å². The molecule has 0 N–H and O–H groups in total. The third-order valence-corrected chi connectivity index (χ3v) is 7.28. The smallest absolute Gasteiger partial charge is 0.227 e. The summed E-state index contributed by atoms with van der Waals surface area (Å²) in [6.07, 6.45) is 19.4. The van der Waals surface area contributed by atoms with Crippen LogP contribution in [0.1, 0.15) is 88.6 Å². The first kappa shape index (κ1) is 35.8. The van der Waals surface area contributed by atoms with Crippen molar-refractivity contribution in [3.63, 3.8) is 0 Å². The lowest BCUT2D eigenvalue weighted by molar-refractivity contribution is -0.110. The predicted octanol–water partition coefficient (Wildman–Crippen LogP) is 8.68. The van der Waals surface area contributed by atoms with Crippen molar-refractivity contribution in [3.05, 3.63) is 48.0 Å². The lowest BCUT2D eigenvalue weighted by Gasteiger charge is -2.02. The molecule has 1 rings (SSSR count). The molecule has 0 aliphatic rings. The van der Waals surface area contributed by atoms with Crippen LogP contribution < -0.4 is 0 Å². The Morgan fingerprint density at radius 1 is 0.634 bits per heavy atom. The summed E-state index contributed by atoms with van der Waals surface area (Å²) in [7, 11) is -2.97. The van der Waals surface area contributed by atoms with Crippen molar-refractivity contribution in [3.8, 4) is 46.6 Å². The fourth-order valence-electron chi connectivity index (χ4n) is 3.39. The van der Waals surface area contributed by atoms with Crippen LogP contribution in [0.15, 0.2) is 40.9 Å². The largest absolute Gasteiger partial charge is 0.439 e. The molecular formula is C36H48O3Si2. The van der Waals surface area contributed by atoms with E-state index in [1.807, 2.05) is 24.3 Å². The fraction of sp³-hybridized carbons (Fsp3) is 0.500. The second kappa shape index (κ2) is 20.6. The molecule has 41 heavy (non-hydrogen) atoms. The van der Waals surface area contributed by atoms with Crippen LogP contribution in [0.2, 0.25) is 39.3 Å². The van der Waals surface area contributed by atoms with Crippen LogP contribution >= 0.6 is 0 Å². The van der Waals surface area contributed by atoms with E-state index in [-0.39, 0.29) is 11.6 Å². The maximum absolute atomic E-state index is 11.7. The zero-order valence-corrected chi connectivity index (χ0v) is 28.2. The van der Waals surface area contributed by atoms with Crippen molar-refractivity contribution in [2.45, 2.75) is 116 Å². The number of allylic oxidation sites excluding steroid dienone is 4. The molecule has 0 aromatic carbocycles. The van der Waals surface area contributed by atoms with Crippen molar-refractivity contribution in [1.29, 1.82) is 0 Å². The number of ketones is 2.